The molecule has 0 saturated heterocycles. The molecular formula is C21H15N3O4. The van der Waals surface area contributed by atoms with Crippen LogP contribution in [0.25, 0.3) is 0 Å². The fourth-order valence-corrected chi connectivity index (χ4v) is 2.52. The predicted molar refractivity (Wildman–Crippen MR) is 102 cm³/mol. The normalized spacial score (nSPS) is 9.96. The van der Waals surface area contributed by atoms with Crippen LogP contribution in [0.2, 0.25) is 0 Å². The molecule has 0 saturated carbocycles. The maximum atomic E-state index is 12.4. The molecule has 0 atom stereocenters. The summed E-state index contributed by atoms with van der Waals surface area (Å²) >= 11 is 0. The maximum Gasteiger partial charge on any atom is 0.311 e. The Morgan fingerprint density at radius 1 is 1.07 bits per heavy atom. The highest BCUT2D eigenvalue weighted by molar-refractivity contribution is 5.94. The summed E-state index contributed by atoms with van der Waals surface area (Å²) in [5.41, 5.74) is 1.29. The van der Waals surface area contributed by atoms with Gasteiger partial charge in [0.25, 0.3) is 5.91 Å². The second-order valence-electron chi connectivity index (χ2n) is 5.85. The largest absolute Gasteiger partial charge is 0.450 e. The molecule has 1 N–H and O–H groups in total. The number of amides is 1. The zero-order chi connectivity index (χ0) is 19.9. The standard InChI is InChI=1S/C21H15N3O4/c22-13-16-9-10-19(24(26)27)20(11-16)28-18-8-4-7-17(12-18)21(25)23-14-15-5-2-1-3-6-15/h1-12H,14H2,(H,23,25). The van der Waals surface area contributed by atoms with Gasteiger partial charge in [0.15, 0.2) is 0 Å². The Kier molecular flexibility index (Phi) is 5.63. The van der Waals surface area contributed by atoms with Crippen molar-refractivity contribution in [3.63, 3.8) is 0 Å². The highest BCUT2D eigenvalue weighted by Gasteiger charge is 2.17. The minimum atomic E-state index is -0.590. The van der Waals surface area contributed by atoms with E-state index in [0.717, 1.165) is 5.56 Å². The van der Waals surface area contributed by atoms with E-state index >= 15 is 0 Å². The van der Waals surface area contributed by atoms with Crippen molar-refractivity contribution in [2.24, 2.45) is 0 Å². The van der Waals surface area contributed by atoms with Crippen LogP contribution in [0.5, 0.6) is 11.5 Å². The lowest BCUT2D eigenvalue weighted by atomic mass is 10.1. The first kappa shape index (κ1) is 18.6. The van der Waals surface area contributed by atoms with Crippen LogP contribution in [0.3, 0.4) is 0 Å². The summed E-state index contributed by atoms with van der Waals surface area (Å²) in [5.74, 6) is -0.106. The van der Waals surface area contributed by atoms with Crippen LogP contribution in [0.1, 0.15) is 21.5 Å². The predicted octanol–water partition coefficient (Wildman–Crippen LogP) is 4.19. The Morgan fingerprint density at radius 3 is 2.57 bits per heavy atom. The summed E-state index contributed by atoms with van der Waals surface area (Å²) in [6.07, 6.45) is 0. The van der Waals surface area contributed by atoms with E-state index < -0.39 is 4.92 Å². The van der Waals surface area contributed by atoms with Crippen molar-refractivity contribution < 1.29 is 14.5 Å². The lowest BCUT2D eigenvalue weighted by molar-refractivity contribution is -0.385. The number of benzene rings is 3. The molecule has 0 aliphatic carbocycles. The molecule has 0 unspecified atom stereocenters. The Bertz CT molecular complexity index is 1060. The van der Waals surface area contributed by atoms with Crippen LogP contribution >= 0.6 is 0 Å². The van der Waals surface area contributed by atoms with Crippen molar-refractivity contribution in [3.05, 3.63) is 99.6 Å². The summed E-state index contributed by atoms with van der Waals surface area (Å²) in [7, 11) is 0. The van der Waals surface area contributed by atoms with Gasteiger partial charge in [-0.3, -0.25) is 14.9 Å². The molecule has 0 fully saturated rings. The minimum absolute atomic E-state index is 0.0640. The summed E-state index contributed by atoms with van der Waals surface area (Å²) in [4.78, 5) is 23.0. The fourth-order valence-electron chi connectivity index (χ4n) is 2.52. The Hall–Kier alpha value is -4.18. The molecule has 0 radical (unpaired) electrons. The number of nitrogens with one attached hydrogen (secondary N) is 1. The Balaban J connectivity index is 1.77. The van der Waals surface area contributed by atoms with E-state index in [0.29, 0.717) is 12.1 Å². The van der Waals surface area contributed by atoms with E-state index in [9.17, 15) is 14.9 Å². The average molecular weight is 373 g/mol. The van der Waals surface area contributed by atoms with E-state index in [1.807, 2.05) is 36.4 Å². The first-order chi connectivity index (χ1) is 13.6. The van der Waals surface area contributed by atoms with E-state index in [4.69, 9.17) is 10.00 Å². The Morgan fingerprint density at radius 2 is 1.86 bits per heavy atom. The summed E-state index contributed by atoms with van der Waals surface area (Å²) < 4.78 is 5.59. The topological polar surface area (TPSA) is 105 Å². The molecular weight excluding hydrogens is 358 g/mol. The van der Waals surface area contributed by atoms with Crippen molar-refractivity contribution in [1.82, 2.24) is 5.32 Å². The molecule has 0 spiro atoms. The van der Waals surface area contributed by atoms with Gasteiger partial charge >= 0.3 is 5.69 Å². The van der Waals surface area contributed by atoms with Gasteiger partial charge in [-0.2, -0.15) is 5.26 Å². The van der Waals surface area contributed by atoms with E-state index in [2.05, 4.69) is 5.32 Å². The maximum absolute atomic E-state index is 12.4. The van der Waals surface area contributed by atoms with Gasteiger partial charge in [0, 0.05) is 24.2 Å². The fraction of sp³-hybridized carbons (Fsp3) is 0.0476. The summed E-state index contributed by atoms with van der Waals surface area (Å²) in [6.45, 7) is 0.375. The smallest absolute Gasteiger partial charge is 0.311 e. The number of carbonyl (C=O) groups is 1. The molecule has 1 amide bonds. The van der Waals surface area contributed by atoms with E-state index in [1.165, 1.54) is 24.3 Å². The first-order valence-electron chi connectivity index (χ1n) is 8.35. The molecule has 0 aliphatic rings. The summed E-state index contributed by atoms with van der Waals surface area (Å²) in [6, 6.07) is 21.5. The second kappa shape index (κ2) is 8.47. The molecule has 138 valence electrons. The van der Waals surface area contributed by atoms with Crippen LogP contribution < -0.4 is 10.1 Å². The third-order valence-corrected chi connectivity index (χ3v) is 3.91. The number of hydrogen-bond acceptors (Lipinski definition) is 5. The van der Waals surface area contributed by atoms with E-state index in [1.54, 1.807) is 18.2 Å². The quantitative estimate of drug-likeness (QED) is 0.515. The minimum Gasteiger partial charge on any atom is -0.450 e. The molecule has 0 aromatic heterocycles. The number of nitriles is 1. The van der Waals surface area contributed by atoms with Gasteiger partial charge in [-0.25, -0.2) is 0 Å². The van der Waals surface area contributed by atoms with Gasteiger partial charge in [-0.1, -0.05) is 36.4 Å². The van der Waals surface area contributed by atoms with Crippen molar-refractivity contribution in [2.45, 2.75) is 6.54 Å². The highest BCUT2D eigenvalue weighted by atomic mass is 16.6. The number of nitrogens with zero attached hydrogens (tertiary/aromatic N) is 2. The van der Waals surface area contributed by atoms with Crippen LogP contribution in [-0.2, 0) is 6.54 Å². The summed E-state index contributed by atoms with van der Waals surface area (Å²) in [5, 5.41) is 23.0. The number of rotatable bonds is 6. The molecule has 0 aliphatic heterocycles. The van der Waals surface area contributed by atoms with Crippen molar-refractivity contribution in [2.75, 3.05) is 0 Å². The highest BCUT2D eigenvalue weighted by Crippen LogP contribution is 2.32. The van der Waals surface area contributed by atoms with Gasteiger partial charge in [-0.05, 0) is 29.8 Å². The second-order valence-corrected chi connectivity index (χ2v) is 5.85. The molecule has 0 bridgehead atoms. The molecule has 28 heavy (non-hydrogen) atoms. The van der Waals surface area contributed by atoms with Gasteiger partial charge in [-0.15, -0.1) is 0 Å². The Labute approximate surface area is 161 Å². The van der Waals surface area contributed by atoms with Gasteiger partial charge < -0.3 is 10.1 Å². The number of nitro benzene ring substituents is 1. The molecule has 3 aromatic carbocycles. The lowest BCUT2D eigenvalue weighted by Crippen LogP contribution is -2.22. The SMILES string of the molecule is N#Cc1ccc([N+](=O)[O-])c(Oc2cccc(C(=O)NCc3ccccc3)c2)c1. The van der Waals surface area contributed by atoms with Gasteiger partial charge in [0.05, 0.1) is 16.6 Å². The molecule has 7 nitrogen and oxygen atoms in total. The molecule has 7 heteroatoms. The van der Waals surface area contributed by atoms with Crippen molar-refractivity contribution in [3.8, 4) is 17.6 Å². The van der Waals surface area contributed by atoms with Crippen LogP contribution in [-0.4, -0.2) is 10.8 Å². The van der Waals surface area contributed by atoms with Gasteiger partial charge in [0.2, 0.25) is 5.75 Å². The van der Waals surface area contributed by atoms with E-state index in [-0.39, 0.29) is 28.7 Å². The lowest BCUT2D eigenvalue weighted by Gasteiger charge is -2.09. The van der Waals surface area contributed by atoms with Crippen LogP contribution in [0.4, 0.5) is 5.69 Å². The number of hydrogen-bond donors (Lipinski definition) is 1. The van der Waals surface area contributed by atoms with Crippen molar-refractivity contribution in [1.29, 1.82) is 5.26 Å². The molecule has 0 heterocycles. The van der Waals surface area contributed by atoms with Crippen molar-refractivity contribution >= 4 is 11.6 Å². The monoisotopic (exact) mass is 373 g/mol. The molecule has 3 aromatic rings. The number of ether oxygens (including phenoxy) is 1. The zero-order valence-electron chi connectivity index (χ0n) is 14.7. The number of carbonyl (C=O) groups excluding carboxylic acids is 1. The average Bonchev–Trinajstić information content (AvgIpc) is 2.72. The van der Waals surface area contributed by atoms with Gasteiger partial charge in [0.1, 0.15) is 5.75 Å². The van der Waals surface area contributed by atoms with Crippen LogP contribution in [0, 0.1) is 21.4 Å². The first-order valence-corrected chi connectivity index (χ1v) is 8.35. The molecule has 3 rings (SSSR count). The number of nitro groups is 1. The zero-order valence-corrected chi connectivity index (χ0v) is 14.7. The third kappa shape index (κ3) is 4.51. The van der Waals surface area contributed by atoms with Crippen LogP contribution in [0.15, 0.2) is 72.8 Å². The third-order valence-electron chi connectivity index (χ3n) is 3.91.